The summed E-state index contributed by atoms with van der Waals surface area (Å²) in [5, 5.41) is 0. The third-order valence-corrected chi connectivity index (χ3v) is 6.96. The highest BCUT2D eigenvalue weighted by molar-refractivity contribution is 5.94. The number of carbonyl (C=O) groups excluding carboxylic acids is 1. The van der Waals surface area contributed by atoms with Gasteiger partial charge in [-0.05, 0) is 70.4 Å². The molecule has 1 aromatic heterocycles. The Morgan fingerprint density at radius 1 is 1.23 bits per heavy atom. The normalized spacial score (nSPS) is 21.8. The Balaban J connectivity index is 1.45. The SMILES string of the molecule is CCO[C@H]1C[C@@H](c2cncc(OC)c2)OC2(CCN(C(=O)c3ccc(OC(C)C)c(C)c3)CC2)C1. The summed E-state index contributed by atoms with van der Waals surface area (Å²) in [6.07, 6.45) is 6.85. The molecule has 7 nitrogen and oxygen atoms in total. The van der Waals surface area contributed by atoms with Crippen LogP contribution in [0.1, 0.15) is 74.0 Å². The number of benzene rings is 1. The number of nitrogens with zero attached hydrogens (tertiary/aromatic N) is 2. The molecule has 2 aliphatic rings. The Kier molecular flexibility index (Phi) is 7.97. The van der Waals surface area contributed by atoms with E-state index in [1.165, 1.54) is 0 Å². The number of pyridine rings is 1. The van der Waals surface area contributed by atoms with Gasteiger partial charge in [-0.25, -0.2) is 0 Å². The molecule has 0 saturated carbocycles. The van der Waals surface area contributed by atoms with Crippen molar-refractivity contribution in [3.05, 3.63) is 53.3 Å². The molecule has 1 spiro atoms. The Morgan fingerprint density at radius 3 is 2.66 bits per heavy atom. The molecular formula is C28H38N2O5. The Bertz CT molecular complexity index is 1020. The van der Waals surface area contributed by atoms with Crippen LogP contribution in [-0.4, -0.2) is 60.4 Å². The molecule has 0 aliphatic carbocycles. The number of carbonyl (C=O) groups is 1. The first-order valence-corrected chi connectivity index (χ1v) is 12.7. The number of likely N-dealkylation sites (tertiary alicyclic amines) is 1. The summed E-state index contributed by atoms with van der Waals surface area (Å²) in [6.45, 7) is 10.0. The van der Waals surface area contributed by atoms with Gasteiger partial charge >= 0.3 is 0 Å². The minimum atomic E-state index is -0.312. The van der Waals surface area contributed by atoms with Crippen LogP contribution in [0.3, 0.4) is 0 Å². The van der Waals surface area contributed by atoms with Gasteiger partial charge in [-0.3, -0.25) is 9.78 Å². The van der Waals surface area contributed by atoms with E-state index >= 15 is 0 Å². The summed E-state index contributed by atoms with van der Waals surface area (Å²) in [5.74, 6) is 1.61. The molecule has 2 atom stereocenters. The predicted octanol–water partition coefficient (Wildman–Crippen LogP) is 5.12. The standard InChI is InChI=1S/C28H38N2O5/c1-6-33-23-15-26(22-14-24(32-5)18-29-17-22)35-28(16-23)9-11-30(12-10-28)27(31)21-7-8-25(20(4)13-21)34-19(2)3/h7-8,13-14,17-19,23,26H,6,9-12,15-16H2,1-5H3/t23-,26-/m0/s1. The number of hydrogen-bond donors (Lipinski definition) is 0. The van der Waals surface area contributed by atoms with Crippen LogP contribution in [0.25, 0.3) is 0 Å². The summed E-state index contributed by atoms with van der Waals surface area (Å²) in [4.78, 5) is 19.5. The highest BCUT2D eigenvalue weighted by Gasteiger charge is 2.45. The van der Waals surface area contributed by atoms with E-state index in [0.717, 1.165) is 48.3 Å². The van der Waals surface area contributed by atoms with E-state index in [0.29, 0.717) is 25.3 Å². The average Bonchev–Trinajstić information content (AvgIpc) is 2.85. The van der Waals surface area contributed by atoms with E-state index in [9.17, 15) is 4.79 Å². The number of aryl methyl sites for hydroxylation is 1. The Morgan fingerprint density at radius 2 is 2.00 bits per heavy atom. The van der Waals surface area contributed by atoms with E-state index in [4.69, 9.17) is 18.9 Å². The molecule has 1 amide bonds. The van der Waals surface area contributed by atoms with Crippen molar-refractivity contribution in [1.82, 2.24) is 9.88 Å². The third-order valence-electron chi connectivity index (χ3n) is 6.96. The van der Waals surface area contributed by atoms with E-state index in [-0.39, 0.29) is 29.8 Å². The van der Waals surface area contributed by atoms with E-state index in [1.807, 2.05) is 63.1 Å². The van der Waals surface area contributed by atoms with Crippen molar-refractivity contribution in [2.75, 3.05) is 26.8 Å². The zero-order valence-corrected chi connectivity index (χ0v) is 21.6. The molecule has 4 rings (SSSR count). The molecule has 2 aliphatic heterocycles. The van der Waals surface area contributed by atoms with Crippen molar-refractivity contribution < 1.29 is 23.7 Å². The van der Waals surface area contributed by atoms with Gasteiger partial charge in [0.15, 0.2) is 0 Å². The van der Waals surface area contributed by atoms with Gasteiger partial charge in [0, 0.05) is 49.9 Å². The third kappa shape index (κ3) is 5.96. The maximum Gasteiger partial charge on any atom is 0.253 e. The van der Waals surface area contributed by atoms with Crippen LogP contribution in [0.15, 0.2) is 36.7 Å². The molecule has 0 N–H and O–H groups in total. The minimum absolute atomic E-state index is 0.0600. The zero-order chi connectivity index (χ0) is 25.0. The number of piperidine rings is 1. The fraction of sp³-hybridized carbons (Fsp3) is 0.571. The number of rotatable bonds is 7. The fourth-order valence-electron chi connectivity index (χ4n) is 5.22. The second kappa shape index (κ2) is 11.0. The molecular weight excluding hydrogens is 444 g/mol. The smallest absolute Gasteiger partial charge is 0.253 e. The first-order chi connectivity index (χ1) is 16.8. The fourth-order valence-corrected chi connectivity index (χ4v) is 5.22. The highest BCUT2D eigenvalue weighted by Crippen LogP contribution is 2.44. The Hall–Kier alpha value is -2.64. The van der Waals surface area contributed by atoms with Crippen LogP contribution >= 0.6 is 0 Å². The molecule has 2 saturated heterocycles. The van der Waals surface area contributed by atoms with Crippen LogP contribution in [0.4, 0.5) is 0 Å². The first-order valence-electron chi connectivity index (χ1n) is 12.7. The molecule has 3 heterocycles. The topological polar surface area (TPSA) is 70.1 Å². The summed E-state index contributed by atoms with van der Waals surface area (Å²) in [6, 6.07) is 7.69. The van der Waals surface area contributed by atoms with Crippen LogP contribution in [0.2, 0.25) is 0 Å². The summed E-state index contributed by atoms with van der Waals surface area (Å²) in [5.41, 5.74) is 2.37. The maximum atomic E-state index is 13.3. The quantitative estimate of drug-likeness (QED) is 0.546. The van der Waals surface area contributed by atoms with Gasteiger partial charge in [0.05, 0.1) is 37.2 Å². The highest BCUT2D eigenvalue weighted by atomic mass is 16.5. The van der Waals surface area contributed by atoms with Crippen LogP contribution in [0, 0.1) is 6.92 Å². The van der Waals surface area contributed by atoms with Crippen molar-refractivity contribution in [3.8, 4) is 11.5 Å². The summed E-state index contributed by atoms with van der Waals surface area (Å²) >= 11 is 0. The van der Waals surface area contributed by atoms with Gasteiger partial charge in [0.1, 0.15) is 11.5 Å². The van der Waals surface area contributed by atoms with Crippen LogP contribution in [0.5, 0.6) is 11.5 Å². The minimum Gasteiger partial charge on any atom is -0.495 e. The van der Waals surface area contributed by atoms with Crippen molar-refractivity contribution >= 4 is 5.91 Å². The van der Waals surface area contributed by atoms with E-state index in [1.54, 1.807) is 13.3 Å². The molecule has 0 unspecified atom stereocenters. The lowest BCUT2D eigenvalue weighted by Gasteiger charge is -2.48. The van der Waals surface area contributed by atoms with Crippen molar-refractivity contribution in [1.29, 1.82) is 0 Å². The van der Waals surface area contributed by atoms with Gasteiger partial charge in [0.25, 0.3) is 5.91 Å². The molecule has 2 fully saturated rings. The molecule has 1 aromatic carbocycles. The zero-order valence-electron chi connectivity index (χ0n) is 21.6. The monoisotopic (exact) mass is 482 g/mol. The summed E-state index contributed by atoms with van der Waals surface area (Å²) < 4.78 is 24.0. The van der Waals surface area contributed by atoms with Gasteiger partial charge in [0.2, 0.25) is 0 Å². The van der Waals surface area contributed by atoms with E-state index < -0.39 is 0 Å². The van der Waals surface area contributed by atoms with Crippen molar-refractivity contribution in [3.63, 3.8) is 0 Å². The number of methoxy groups -OCH3 is 1. The number of amides is 1. The van der Waals surface area contributed by atoms with Gasteiger partial charge in [-0.1, -0.05) is 0 Å². The van der Waals surface area contributed by atoms with Gasteiger partial charge < -0.3 is 23.8 Å². The second-order valence-corrected chi connectivity index (χ2v) is 9.90. The van der Waals surface area contributed by atoms with Gasteiger partial charge in [-0.15, -0.1) is 0 Å². The largest absolute Gasteiger partial charge is 0.495 e. The molecule has 7 heteroatoms. The first kappa shape index (κ1) is 25.5. The lowest BCUT2D eigenvalue weighted by molar-refractivity contribution is -0.190. The van der Waals surface area contributed by atoms with Gasteiger partial charge in [-0.2, -0.15) is 0 Å². The molecule has 0 bridgehead atoms. The number of aromatic nitrogens is 1. The predicted molar refractivity (Wildman–Crippen MR) is 134 cm³/mol. The van der Waals surface area contributed by atoms with Crippen LogP contribution in [-0.2, 0) is 9.47 Å². The second-order valence-electron chi connectivity index (χ2n) is 9.90. The van der Waals surface area contributed by atoms with Crippen molar-refractivity contribution in [2.24, 2.45) is 0 Å². The Labute approximate surface area is 208 Å². The van der Waals surface area contributed by atoms with Crippen molar-refractivity contribution in [2.45, 2.75) is 77.3 Å². The van der Waals surface area contributed by atoms with Crippen LogP contribution < -0.4 is 9.47 Å². The molecule has 0 radical (unpaired) electrons. The number of hydrogen-bond acceptors (Lipinski definition) is 6. The maximum absolute atomic E-state index is 13.3. The lowest BCUT2D eigenvalue weighted by atomic mass is 9.80. The average molecular weight is 483 g/mol. The molecule has 2 aromatic rings. The number of ether oxygens (including phenoxy) is 4. The lowest BCUT2D eigenvalue weighted by Crippen LogP contribution is -2.52. The molecule has 35 heavy (non-hydrogen) atoms. The van der Waals surface area contributed by atoms with E-state index in [2.05, 4.69) is 4.98 Å². The summed E-state index contributed by atoms with van der Waals surface area (Å²) in [7, 11) is 1.64. The molecule has 190 valence electrons.